The second-order valence-electron chi connectivity index (χ2n) is 5.88. The lowest BCUT2D eigenvalue weighted by atomic mass is 10.2. The molecule has 1 N–H and O–H groups in total. The Kier molecular flexibility index (Phi) is 4.74. The first-order chi connectivity index (χ1) is 11.0. The first-order valence-corrected chi connectivity index (χ1v) is 8.44. The van der Waals surface area contributed by atoms with Crippen molar-refractivity contribution in [3.8, 4) is 0 Å². The Morgan fingerprint density at radius 1 is 1.43 bits per heavy atom. The molecule has 3 rings (SSSR count). The molecule has 23 heavy (non-hydrogen) atoms. The fourth-order valence-corrected chi connectivity index (χ4v) is 3.41. The van der Waals surface area contributed by atoms with Gasteiger partial charge in [-0.3, -0.25) is 15.0 Å². The van der Waals surface area contributed by atoms with Crippen LogP contribution in [0.4, 0.5) is 5.13 Å². The second-order valence-corrected chi connectivity index (χ2v) is 6.74. The van der Waals surface area contributed by atoms with Gasteiger partial charge in [0.2, 0.25) is 5.76 Å². The number of anilines is 1. The normalized spacial score (nSPS) is 22.2. The van der Waals surface area contributed by atoms with E-state index in [4.69, 9.17) is 9.26 Å². The minimum absolute atomic E-state index is 0.190. The summed E-state index contributed by atoms with van der Waals surface area (Å²) in [6.07, 6.45) is 0.456. The zero-order valence-electron chi connectivity index (χ0n) is 13.4. The predicted octanol–water partition coefficient (Wildman–Crippen LogP) is 2.30. The Balaban J connectivity index is 1.58. The van der Waals surface area contributed by atoms with Crippen molar-refractivity contribution in [1.29, 1.82) is 0 Å². The third-order valence-electron chi connectivity index (χ3n) is 3.50. The van der Waals surface area contributed by atoms with Gasteiger partial charge in [-0.2, -0.15) is 0 Å². The van der Waals surface area contributed by atoms with E-state index in [1.54, 1.807) is 13.0 Å². The number of morpholine rings is 1. The average molecular weight is 336 g/mol. The van der Waals surface area contributed by atoms with Crippen LogP contribution >= 0.6 is 11.3 Å². The first kappa shape index (κ1) is 16.1. The Bertz CT molecular complexity index is 674. The molecule has 1 aliphatic rings. The number of ether oxygens (including phenoxy) is 1. The standard InChI is InChI=1S/C15H20N4O3S/c1-9-4-13(22-18-9)14(20)17-15-16-12(8-23-15)7-19-5-10(2)21-11(3)6-19/h4,8,10-11H,5-7H2,1-3H3,(H,16,17,20). The first-order valence-electron chi connectivity index (χ1n) is 7.56. The summed E-state index contributed by atoms with van der Waals surface area (Å²) in [6, 6.07) is 1.60. The van der Waals surface area contributed by atoms with Gasteiger partial charge in [0.1, 0.15) is 0 Å². The molecule has 1 saturated heterocycles. The molecule has 2 aromatic heterocycles. The monoisotopic (exact) mass is 336 g/mol. The molecule has 0 aliphatic carbocycles. The van der Waals surface area contributed by atoms with Crippen molar-refractivity contribution in [2.45, 2.75) is 39.5 Å². The lowest BCUT2D eigenvalue weighted by molar-refractivity contribution is -0.0707. The number of nitrogens with one attached hydrogen (secondary N) is 1. The highest BCUT2D eigenvalue weighted by Crippen LogP contribution is 2.20. The highest BCUT2D eigenvalue weighted by Gasteiger charge is 2.23. The van der Waals surface area contributed by atoms with Gasteiger partial charge in [0, 0.05) is 31.1 Å². The molecule has 2 atom stereocenters. The van der Waals surface area contributed by atoms with Gasteiger partial charge in [-0.25, -0.2) is 4.98 Å². The molecular formula is C15H20N4O3S. The molecule has 7 nitrogen and oxygen atoms in total. The van der Waals surface area contributed by atoms with Gasteiger partial charge in [0.05, 0.1) is 23.6 Å². The van der Waals surface area contributed by atoms with E-state index in [-0.39, 0.29) is 23.9 Å². The number of aromatic nitrogens is 2. The van der Waals surface area contributed by atoms with E-state index in [0.717, 1.165) is 25.3 Å². The van der Waals surface area contributed by atoms with Gasteiger partial charge in [-0.15, -0.1) is 11.3 Å². The summed E-state index contributed by atoms with van der Waals surface area (Å²) in [4.78, 5) is 18.8. The molecule has 1 amide bonds. The number of aryl methyl sites for hydroxylation is 1. The summed E-state index contributed by atoms with van der Waals surface area (Å²) in [5, 5.41) is 8.97. The van der Waals surface area contributed by atoms with Gasteiger partial charge in [-0.05, 0) is 20.8 Å². The van der Waals surface area contributed by atoms with Gasteiger partial charge in [-0.1, -0.05) is 5.16 Å². The van der Waals surface area contributed by atoms with Crippen LogP contribution in [-0.2, 0) is 11.3 Å². The number of hydrogen-bond acceptors (Lipinski definition) is 7. The van der Waals surface area contributed by atoms with Crippen molar-refractivity contribution in [2.24, 2.45) is 0 Å². The summed E-state index contributed by atoms with van der Waals surface area (Å²) < 4.78 is 10.7. The molecule has 0 bridgehead atoms. The minimum Gasteiger partial charge on any atom is -0.373 e. The van der Waals surface area contributed by atoms with Crippen LogP contribution in [0.3, 0.4) is 0 Å². The fraction of sp³-hybridized carbons (Fsp3) is 0.533. The topological polar surface area (TPSA) is 80.5 Å². The number of thiazole rings is 1. The van der Waals surface area contributed by atoms with E-state index in [1.807, 2.05) is 5.38 Å². The number of amides is 1. The van der Waals surface area contributed by atoms with Crippen molar-refractivity contribution < 1.29 is 14.1 Å². The molecule has 1 fully saturated rings. The molecule has 0 spiro atoms. The molecule has 3 heterocycles. The molecule has 8 heteroatoms. The quantitative estimate of drug-likeness (QED) is 0.923. The van der Waals surface area contributed by atoms with Crippen LogP contribution in [0.2, 0.25) is 0 Å². The third kappa shape index (κ3) is 4.15. The van der Waals surface area contributed by atoms with E-state index in [0.29, 0.717) is 10.8 Å². The molecule has 1 aliphatic heterocycles. The number of nitrogens with zero attached hydrogens (tertiary/aromatic N) is 3. The van der Waals surface area contributed by atoms with E-state index in [2.05, 4.69) is 34.2 Å². The summed E-state index contributed by atoms with van der Waals surface area (Å²) in [6.45, 7) is 8.46. The maximum absolute atomic E-state index is 12.0. The second kappa shape index (κ2) is 6.77. The van der Waals surface area contributed by atoms with Crippen LogP contribution < -0.4 is 5.32 Å². The molecule has 2 aromatic rings. The molecule has 0 radical (unpaired) electrons. The maximum atomic E-state index is 12.0. The van der Waals surface area contributed by atoms with Crippen LogP contribution in [-0.4, -0.2) is 46.2 Å². The SMILES string of the molecule is Cc1cc(C(=O)Nc2nc(CN3CC(C)OC(C)C3)cs2)on1. The van der Waals surface area contributed by atoms with Crippen LogP contribution in [0.25, 0.3) is 0 Å². The molecular weight excluding hydrogens is 316 g/mol. The molecule has 0 aromatic carbocycles. The Morgan fingerprint density at radius 2 is 2.17 bits per heavy atom. The average Bonchev–Trinajstić information content (AvgIpc) is 3.07. The summed E-state index contributed by atoms with van der Waals surface area (Å²) in [7, 11) is 0. The summed E-state index contributed by atoms with van der Waals surface area (Å²) in [5.41, 5.74) is 1.62. The third-order valence-corrected chi connectivity index (χ3v) is 4.31. The largest absolute Gasteiger partial charge is 0.373 e. The number of carbonyl (C=O) groups is 1. The van der Waals surface area contributed by atoms with Crippen molar-refractivity contribution >= 4 is 22.4 Å². The van der Waals surface area contributed by atoms with Crippen LogP contribution in [0.15, 0.2) is 16.0 Å². The lowest BCUT2D eigenvalue weighted by Crippen LogP contribution is -2.44. The van der Waals surface area contributed by atoms with Gasteiger partial charge < -0.3 is 9.26 Å². The predicted molar refractivity (Wildman–Crippen MR) is 86.6 cm³/mol. The number of carbonyl (C=O) groups excluding carboxylic acids is 1. The van der Waals surface area contributed by atoms with Gasteiger partial charge in [0.25, 0.3) is 5.91 Å². The van der Waals surface area contributed by atoms with Crippen LogP contribution in [0, 0.1) is 6.92 Å². The Hall–Kier alpha value is -1.77. The molecule has 124 valence electrons. The minimum atomic E-state index is -0.333. The number of hydrogen-bond donors (Lipinski definition) is 1. The van der Waals surface area contributed by atoms with Crippen molar-refractivity contribution in [3.05, 3.63) is 28.6 Å². The zero-order valence-corrected chi connectivity index (χ0v) is 14.2. The van der Waals surface area contributed by atoms with E-state index in [9.17, 15) is 4.79 Å². The van der Waals surface area contributed by atoms with Crippen LogP contribution in [0.1, 0.15) is 35.8 Å². The highest BCUT2D eigenvalue weighted by molar-refractivity contribution is 7.13. The summed E-state index contributed by atoms with van der Waals surface area (Å²) in [5.74, 6) is -0.143. The summed E-state index contributed by atoms with van der Waals surface area (Å²) >= 11 is 1.41. The van der Waals surface area contributed by atoms with Gasteiger partial charge in [0.15, 0.2) is 5.13 Å². The van der Waals surface area contributed by atoms with Crippen molar-refractivity contribution in [1.82, 2.24) is 15.0 Å². The number of rotatable bonds is 4. The van der Waals surface area contributed by atoms with E-state index >= 15 is 0 Å². The lowest BCUT2D eigenvalue weighted by Gasteiger charge is -2.34. The Labute approximate surface area is 138 Å². The van der Waals surface area contributed by atoms with Crippen molar-refractivity contribution in [3.63, 3.8) is 0 Å². The molecule has 0 saturated carbocycles. The van der Waals surface area contributed by atoms with Crippen LogP contribution in [0.5, 0.6) is 0 Å². The van der Waals surface area contributed by atoms with E-state index in [1.165, 1.54) is 11.3 Å². The smallest absolute Gasteiger partial charge is 0.296 e. The Morgan fingerprint density at radius 3 is 2.83 bits per heavy atom. The fourth-order valence-electron chi connectivity index (χ4n) is 2.71. The highest BCUT2D eigenvalue weighted by atomic mass is 32.1. The van der Waals surface area contributed by atoms with Crippen molar-refractivity contribution in [2.75, 3.05) is 18.4 Å². The zero-order chi connectivity index (χ0) is 16.4. The van der Waals surface area contributed by atoms with E-state index < -0.39 is 0 Å². The molecule has 2 unspecified atom stereocenters. The van der Waals surface area contributed by atoms with Gasteiger partial charge >= 0.3 is 0 Å². The maximum Gasteiger partial charge on any atom is 0.296 e.